The minimum atomic E-state index is -3.48. The van der Waals surface area contributed by atoms with Gasteiger partial charge in [-0.3, -0.25) is 0 Å². The van der Waals surface area contributed by atoms with Crippen LogP contribution < -0.4 is 0 Å². The highest BCUT2D eigenvalue weighted by Crippen LogP contribution is 2.36. The van der Waals surface area contributed by atoms with E-state index in [-0.39, 0.29) is 27.9 Å². The van der Waals surface area contributed by atoms with Gasteiger partial charge in [0.1, 0.15) is 0 Å². The Morgan fingerprint density at radius 2 is 2.00 bits per heavy atom. The van der Waals surface area contributed by atoms with Crippen molar-refractivity contribution < 1.29 is 17.6 Å². The van der Waals surface area contributed by atoms with Crippen LogP contribution in [0.5, 0.6) is 0 Å². The number of sulfone groups is 1. The standard InChI is InChI=1S/C19H32N4O4SSi/c1-19(2,3)29(5,6)27-10-7-11-28(25,26)17-8-9-23(20-17)16-12-15-13-22(14-16)18(24)21(15)4/h8-9,12,15H,7,10-11,13-14H2,1-6H3. The first-order valence-electron chi connectivity index (χ1n) is 9.97. The van der Waals surface area contributed by atoms with E-state index in [4.69, 9.17) is 4.43 Å². The van der Waals surface area contributed by atoms with Crippen LogP contribution in [0.2, 0.25) is 18.1 Å². The largest absolute Gasteiger partial charge is 0.417 e. The fourth-order valence-corrected chi connectivity index (χ4v) is 5.51. The van der Waals surface area contributed by atoms with Crippen molar-refractivity contribution in [2.45, 2.75) is 56.4 Å². The molecule has 1 aromatic rings. The van der Waals surface area contributed by atoms with E-state index in [1.807, 2.05) is 6.08 Å². The van der Waals surface area contributed by atoms with Crippen molar-refractivity contribution in [3.05, 3.63) is 18.3 Å². The molecule has 1 atom stereocenters. The molecular weight excluding hydrogens is 408 g/mol. The van der Waals surface area contributed by atoms with Crippen LogP contribution in [0.1, 0.15) is 27.2 Å². The summed E-state index contributed by atoms with van der Waals surface area (Å²) in [7, 11) is -3.58. The second-order valence-corrected chi connectivity index (χ2v) is 16.2. The van der Waals surface area contributed by atoms with E-state index in [0.29, 0.717) is 26.1 Å². The zero-order valence-electron chi connectivity index (χ0n) is 18.2. The number of carbonyl (C=O) groups excluding carboxylic acids is 1. The van der Waals surface area contributed by atoms with Gasteiger partial charge in [0, 0.05) is 26.4 Å². The fraction of sp³-hybridized carbons (Fsp3) is 0.684. The molecule has 8 nitrogen and oxygen atoms in total. The van der Waals surface area contributed by atoms with Crippen LogP contribution in [0.15, 0.2) is 23.4 Å². The van der Waals surface area contributed by atoms with Crippen molar-refractivity contribution in [3.8, 4) is 0 Å². The van der Waals surface area contributed by atoms with E-state index in [2.05, 4.69) is 39.0 Å². The van der Waals surface area contributed by atoms with Crippen molar-refractivity contribution in [2.24, 2.45) is 0 Å². The molecule has 3 heterocycles. The lowest BCUT2D eigenvalue weighted by atomic mass is 10.2. The summed E-state index contributed by atoms with van der Waals surface area (Å²) >= 11 is 0. The van der Waals surface area contributed by atoms with E-state index < -0.39 is 18.2 Å². The number of urea groups is 1. The first-order chi connectivity index (χ1) is 13.3. The summed E-state index contributed by atoms with van der Waals surface area (Å²) in [6.07, 6.45) is 4.08. The second-order valence-electron chi connectivity index (χ2n) is 9.38. The topological polar surface area (TPSA) is 84.7 Å². The molecule has 29 heavy (non-hydrogen) atoms. The smallest absolute Gasteiger partial charge is 0.320 e. The van der Waals surface area contributed by atoms with Gasteiger partial charge in [-0.1, -0.05) is 20.8 Å². The van der Waals surface area contributed by atoms with E-state index in [9.17, 15) is 13.2 Å². The Balaban J connectivity index is 1.61. The van der Waals surface area contributed by atoms with Crippen molar-refractivity contribution >= 4 is 29.9 Å². The molecule has 3 rings (SSSR count). The third-order valence-electron chi connectivity index (χ3n) is 6.22. The van der Waals surface area contributed by atoms with Crippen molar-refractivity contribution in [2.75, 3.05) is 32.5 Å². The molecule has 2 bridgehead atoms. The molecule has 1 saturated heterocycles. The number of hydrogen-bond acceptors (Lipinski definition) is 5. The van der Waals surface area contributed by atoms with Crippen LogP contribution in [-0.4, -0.2) is 80.9 Å². The summed E-state index contributed by atoms with van der Waals surface area (Å²) in [5.74, 6) is 0.00760. The van der Waals surface area contributed by atoms with Gasteiger partial charge in [0.05, 0.1) is 24.0 Å². The molecular formula is C19H32N4O4SSi. The van der Waals surface area contributed by atoms with Crippen molar-refractivity contribution in [3.63, 3.8) is 0 Å². The molecule has 162 valence electrons. The molecule has 0 saturated carbocycles. The third kappa shape index (κ3) is 4.43. The molecule has 2 amide bonds. The lowest BCUT2D eigenvalue weighted by Gasteiger charge is -2.36. The Kier molecular flexibility index (Phi) is 5.74. The molecule has 0 N–H and O–H groups in total. The van der Waals surface area contributed by atoms with Gasteiger partial charge in [0.25, 0.3) is 0 Å². The molecule has 0 aromatic carbocycles. The van der Waals surface area contributed by atoms with Crippen LogP contribution in [0, 0.1) is 0 Å². The molecule has 0 spiro atoms. The summed E-state index contributed by atoms with van der Waals surface area (Å²) in [4.78, 5) is 15.5. The molecule has 1 fully saturated rings. The van der Waals surface area contributed by atoms with Gasteiger partial charge in [-0.15, -0.1) is 0 Å². The van der Waals surface area contributed by atoms with E-state index >= 15 is 0 Å². The van der Waals surface area contributed by atoms with Gasteiger partial charge >= 0.3 is 6.03 Å². The number of fused-ring (bicyclic) bond motifs is 2. The molecule has 10 heteroatoms. The lowest BCUT2D eigenvalue weighted by Crippen LogP contribution is -2.41. The number of nitrogens with zero attached hydrogens (tertiary/aromatic N) is 4. The lowest BCUT2D eigenvalue weighted by molar-refractivity contribution is 0.201. The summed E-state index contributed by atoms with van der Waals surface area (Å²) in [6.45, 7) is 12.3. The fourth-order valence-electron chi connectivity index (χ4n) is 3.24. The Labute approximate surface area is 174 Å². The summed E-state index contributed by atoms with van der Waals surface area (Å²) in [5.41, 5.74) is 0.821. The maximum atomic E-state index is 12.7. The molecule has 1 aromatic heterocycles. The minimum absolute atomic E-state index is 0.00277. The Morgan fingerprint density at radius 3 is 2.62 bits per heavy atom. The average Bonchev–Trinajstić information content (AvgIpc) is 3.20. The van der Waals surface area contributed by atoms with Gasteiger partial charge in [0.2, 0.25) is 0 Å². The van der Waals surface area contributed by atoms with Crippen LogP contribution in [0.25, 0.3) is 5.70 Å². The van der Waals surface area contributed by atoms with Crippen LogP contribution in [0.3, 0.4) is 0 Å². The van der Waals surface area contributed by atoms with Gasteiger partial charge in [-0.25, -0.2) is 17.9 Å². The predicted molar refractivity (Wildman–Crippen MR) is 115 cm³/mol. The molecule has 1 unspecified atom stereocenters. The predicted octanol–water partition coefficient (Wildman–Crippen LogP) is 2.66. The van der Waals surface area contributed by atoms with Gasteiger partial charge in [-0.05, 0) is 36.7 Å². The SMILES string of the molecule is CN1C(=O)N2CC(n3ccc(S(=O)(=O)CCCO[Si](C)(C)C(C)(C)C)n3)=CC1C2. The number of aromatic nitrogens is 2. The minimum Gasteiger partial charge on any atom is -0.417 e. The number of amides is 2. The Bertz CT molecular complexity index is 917. The van der Waals surface area contributed by atoms with Crippen LogP contribution in [0.4, 0.5) is 4.79 Å². The highest BCUT2D eigenvalue weighted by Gasteiger charge is 2.38. The van der Waals surface area contributed by atoms with Crippen LogP contribution >= 0.6 is 0 Å². The molecule has 0 aliphatic carbocycles. The quantitative estimate of drug-likeness (QED) is 0.481. The Hall–Kier alpha value is -1.65. The number of carbonyl (C=O) groups is 1. The highest BCUT2D eigenvalue weighted by atomic mass is 32.2. The van der Waals surface area contributed by atoms with Gasteiger partial charge in [0.15, 0.2) is 23.2 Å². The maximum Gasteiger partial charge on any atom is 0.320 e. The number of rotatable bonds is 7. The second kappa shape index (κ2) is 7.55. The molecule has 2 aliphatic heterocycles. The van der Waals surface area contributed by atoms with Crippen molar-refractivity contribution in [1.82, 2.24) is 19.6 Å². The van der Waals surface area contributed by atoms with Gasteiger partial charge in [-0.2, -0.15) is 5.10 Å². The summed E-state index contributed by atoms with van der Waals surface area (Å²) in [5, 5.41) is 4.46. The van der Waals surface area contributed by atoms with E-state index in [0.717, 1.165) is 5.70 Å². The first-order valence-corrected chi connectivity index (χ1v) is 14.5. The average molecular weight is 441 g/mol. The third-order valence-corrected chi connectivity index (χ3v) is 12.4. The molecule has 0 radical (unpaired) electrons. The monoisotopic (exact) mass is 440 g/mol. The van der Waals surface area contributed by atoms with E-state index in [1.165, 1.54) is 6.07 Å². The van der Waals surface area contributed by atoms with E-state index in [1.54, 1.807) is 27.7 Å². The van der Waals surface area contributed by atoms with Gasteiger partial charge < -0.3 is 14.2 Å². The Morgan fingerprint density at radius 1 is 1.31 bits per heavy atom. The maximum absolute atomic E-state index is 12.7. The van der Waals surface area contributed by atoms with Crippen molar-refractivity contribution in [1.29, 1.82) is 0 Å². The zero-order valence-corrected chi connectivity index (χ0v) is 20.0. The zero-order chi connectivity index (χ0) is 21.6. The number of likely N-dealkylation sites (N-methyl/N-ethyl adjacent to an activating group) is 1. The number of hydrogen-bond donors (Lipinski definition) is 0. The van der Waals surface area contributed by atoms with Crippen LogP contribution in [-0.2, 0) is 14.3 Å². The molecule has 2 aliphatic rings. The normalized spacial score (nSPS) is 20.4. The highest BCUT2D eigenvalue weighted by molar-refractivity contribution is 7.91. The summed E-state index contributed by atoms with van der Waals surface area (Å²) in [6, 6.07) is 1.52. The summed E-state index contributed by atoms with van der Waals surface area (Å²) < 4.78 is 33.0. The first kappa shape index (κ1) is 22.0.